The van der Waals surface area contributed by atoms with Crippen molar-refractivity contribution >= 4 is 27.5 Å². The number of thioether (sulfide) groups is 1. The molecule has 7 heteroatoms. The standard InChI is InChI=1S/C12H15N3O2S2/c1-9-8-15(4-5-18-9)19(16,17)12-3-2-11(14)6-10(12)7-13/h2-3,6,9H,4-5,8,14H2,1H3. The molecular formula is C12H15N3O2S2. The van der Waals surface area contributed by atoms with E-state index in [1.54, 1.807) is 11.8 Å². The molecule has 0 spiro atoms. The number of sulfonamides is 1. The minimum atomic E-state index is -3.61. The van der Waals surface area contributed by atoms with E-state index < -0.39 is 10.0 Å². The van der Waals surface area contributed by atoms with Crippen LogP contribution in [0.5, 0.6) is 0 Å². The number of nitrogens with two attached hydrogens (primary N) is 1. The van der Waals surface area contributed by atoms with E-state index in [0.717, 1.165) is 5.75 Å². The molecule has 1 fully saturated rings. The first-order chi connectivity index (χ1) is 8.95. The van der Waals surface area contributed by atoms with Crippen molar-refractivity contribution in [1.29, 1.82) is 5.26 Å². The van der Waals surface area contributed by atoms with Gasteiger partial charge in [-0.05, 0) is 18.2 Å². The first kappa shape index (κ1) is 14.2. The van der Waals surface area contributed by atoms with E-state index in [0.29, 0.717) is 18.8 Å². The predicted octanol–water partition coefficient (Wildman–Crippen LogP) is 1.27. The third-order valence-corrected chi connectivity index (χ3v) is 6.01. The Labute approximate surface area is 117 Å². The maximum absolute atomic E-state index is 12.5. The van der Waals surface area contributed by atoms with Crippen molar-refractivity contribution in [3.63, 3.8) is 0 Å². The molecule has 0 amide bonds. The molecule has 1 aromatic carbocycles. The largest absolute Gasteiger partial charge is 0.399 e. The minimum absolute atomic E-state index is 0.0447. The maximum Gasteiger partial charge on any atom is 0.244 e. The van der Waals surface area contributed by atoms with Gasteiger partial charge in [-0.15, -0.1) is 0 Å². The van der Waals surface area contributed by atoms with E-state index in [4.69, 9.17) is 11.0 Å². The van der Waals surface area contributed by atoms with Gasteiger partial charge in [0.05, 0.1) is 5.56 Å². The Balaban J connectivity index is 2.42. The van der Waals surface area contributed by atoms with Crippen LogP contribution in [-0.4, -0.2) is 36.8 Å². The van der Waals surface area contributed by atoms with Crippen LogP contribution in [0.15, 0.2) is 23.1 Å². The molecule has 5 nitrogen and oxygen atoms in total. The van der Waals surface area contributed by atoms with Crippen LogP contribution in [0.4, 0.5) is 5.69 Å². The van der Waals surface area contributed by atoms with Gasteiger partial charge >= 0.3 is 0 Å². The zero-order valence-electron chi connectivity index (χ0n) is 10.5. The fourth-order valence-corrected chi connectivity index (χ4v) is 4.88. The third-order valence-electron chi connectivity index (χ3n) is 2.95. The smallest absolute Gasteiger partial charge is 0.244 e. The highest BCUT2D eigenvalue weighted by molar-refractivity contribution is 8.00. The lowest BCUT2D eigenvalue weighted by molar-refractivity contribution is 0.424. The summed E-state index contributed by atoms with van der Waals surface area (Å²) in [5.74, 6) is 0.775. The van der Waals surface area contributed by atoms with Gasteiger partial charge in [0.15, 0.2) is 0 Å². The Kier molecular flexibility index (Phi) is 4.04. The maximum atomic E-state index is 12.5. The molecule has 1 unspecified atom stereocenters. The molecule has 102 valence electrons. The number of hydrogen-bond donors (Lipinski definition) is 1. The molecule has 1 saturated heterocycles. The number of nitrogen functional groups attached to an aromatic ring is 1. The first-order valence-electron chi connectivity index (χ1n) is 5.86. The van der Waals surface area contributed by atoms with E-state index >= 15 is 0 Å². The normalized spacial score (nSPS) is 20.9. The molecule has 2 N–H and O–H groups in total. The summed E-state index contributed by atoms with van der Waals surface area (Å²) in [6.07, 6.45) is 0. The average Bonchev–Trinajstić information content (AvgIpc) is 2.38. The monoisotopic (exact) mass is 297 g/mol. The summed E-state index contributed by atoms with van der Waals surface area (Å²) in [6.45, 7) is 2.95. The second kappa shape index (κ2) is 5.41. The molecule has 1 atom stereocenters. The zero-order chi connectivity index (χ0) is 14.0. The van der Waals surface area contributed by atoms with Crippen LogP contribution >= 0.6 is 11.8 Å². The summed E-state index contributed by atoms with van der Waals surface area (Å²) in [4.78, 5) is 0.0447. The van der Waals surface area contributed by atoms with Gasteiger partial charge in [0.2, 0.25) is 10.0 Å². The second-order valence-electron chi connectivity index (χ2n) is 4.41. The lowest BCUT2D eigenvalue weighted by Crippen LogP contribution is -2.41. The van der Waals surface area contributed by atoms with Crippen LogP contribution in [0.3, 0.4) is 0 Å². The number of anilines is 1. The summed E-state index contributed by atoms with van der Waals surface area (Å²) in [5.41, 5.74) is 6.07. The summed E-state index contributed by atoms with van der Waals surface area (Å²) in [7, 11) is -3.61. The molecule has 0 aromatic heterocycles. The molecule has 19 heavy (non-hydrogen) atoms. The summed E-state index contributed by atoms with van der Waals surface area (Å²) in [6, 6.07) is 6.22. The van der Waals surface area contributed by atoms with Crippen LogP contribution in [0.25, 0.3) is 0 Å². The molecule has 1 aromatic rings. The van der Waals surface area contributed by atoms with Crippen molar-refractivity contribution in [3.05, 3.63) is 23.8 Å². The Bertz CT molecular complexity index is 622. The van der Waals surface area contributed by atoms with Crippen LogP contribution in [-0.2, 0) is 10.0 Å². The number of benzene rings is 1. The van der Waals surface area contributed by atoms with Crippen LogP contribution in [0.1, 0.15) is 12.5 Å². The molecule has 2 rings (SSSR count). The van der Waals surface area contributed by atoms with Gasteiger partial charge in [0, 0.05) is 29.8 Å². The highest BCUT2D eigenvalue weighted by atomic mass is 32.2. The fourth-order valence-electron chi connectivity index (χ4n) is 2.00. The minimum Gasteiger partial charge on any atom is -0.399 e. The highest BCUT2D eigenvalue weighted by Gasteiger charge is 2.30. The topological polar surface area (TPSA) is 87.2 Å². The van der Waals surface area contributed by atoms with Gasteiger partial charge in [0.1, 0.15) is 11.0 Å². The second-order valence-corrected chi connectivity index (χ2v) is 7.86. The highest BCUT2D eigenvalue weighted by Crippen LogP contribution is 2.26. The van der Waals surface area contributed by atoms with Crippen molar-refractivity contribution in [3.8, 4) is 6.07 Å². The van der Waals surface area contributed by atoms with Gasteiger partial charge in [-0.25, -0.2) is 8.42 Å². The lowest BCUT2D eigenvalue weighted by Gasteiger charge is -2.29. The Morgan fingerprint density at radius 2 is 2.26 bits per heavy atom. The van der Waals surface area contributed by atoms with Crippen molar-refractivity contribution in [2.24, 2.45) is 0 Å². The Morgan fingerprint density at radius 3 is 2.89 bits per heavy atom. The van der Waals surface area contributed by atoms with Crippen molar-refractivity contribution < 1.29 is 8.42 Å². The number of nitrogens with zero attached hydrogens (tertiary/aromatic N) is 2. The van der Waals surface area contributed by atoms with Crippen LogP contribution < -0.4 is 5.73 Å². The molecule has 0 saturated carbocycles. The van der Waals surface area contributed by atoms with E-state index in [1.807, 2.05) is 13.0 Å². The molecule has 1 heterocycles. The third kappa shape index (κ3) is 2.86. The number of nitriles is 1. The predicted molar refractivity (Wildman–Crippen MR) is 76.2 cm³/mol. The van der Waals surface area contributed by atoms with E-state index in [-0.39, 0.29) is 15.7 Å². The quantitative estimate of drug-likeness (QED) is 0.831. The van der Waals surface area contributed by atoms with Crippen LogP contribution in [0.2, 0.25) is 0 Å². The van der Waals surface area contributed by atoms with Crippen molar-refractivity contribution in [2.75, 3.05) is 24.6 Å². The van der Waals surface area contributed by atoms with Crippen LogP contribution in [0, 0.1) is 11.3 Å². The van der Waals surface area contributed by atoms with Gasteiger partial charge in [0.25, 0.3) is 0 Å². The summed E-state index contributed by atoms with van der Waals surface area (Å²) < 4.78 is 26.5. The molecule has 1 aliphatic heterocycles. The zero-order valence-corrected chi connectivity index (χ0v) is 12.2. The molecule has 1 aliphatic rings. The summed E-state index contributed by atoms with van der Waals surface area (Å²) >= 11 is 1.75. The van der Waals surface area contributed by atoms with Gasteiger partial charge in [-0.2, -0.15) is 21.3 Å². The molecule has 0 bridgehead atoms. The van der Waals surface area contributed by atoms with E-state index in [9.17, 15) is 8.42 Å². The molecule has 0 radical (unpaired) electrons. The van der Waals surface area contributed by atoms with E-state index in [2.05, 4.69) is 0 Å². The van der Waals surface area contributed by atoms with Gasteiger partial charge in [-0.3, -0.25) is 0 Å². The fraction of sp³-hybridized carbons (Fsp3) is 0.417. The van der Waals surface area contributed by atoms with Gasteiger partial charge < -0.3 is 5.73 Å². The lowest BCUT2D eigenvalue weighted by atomic mass is 10.2. The SMILES string of the molecule is CC1CN(S(=O)(=O)c2ccc(N)cc2C#N)CCS1. The number of rotatable bonds is 2. The summed E-state index contributed by atoms with van der Waals surface area (Å²) in [5, 5.41) is 9.33. The van der Waals surface area contributed by atoms with E-state index in [1.165, 1.54) is 22.5 Å². The van der Waals surface area contributed by atoms with Gasteiger partial charge in [-0.1, -0.05) is 6.92 Å². The van der Waals surface area contributed by atoms with Crippen molar-refractivity contribution in [1.82, 2.24) is 4.31 Å². The Hall–Kier alpha value is -1.23. The first-order valence-corrected chi connectivity index (χ1v) is 8.35. The molecular weight excluding hydrogens is 282 g/mol. The van der Waals surface area contributed by atoms with Crippen molar-refractivity contribution in [2.45, 2.75) is 17.1 Å². The Morgan fingerprint density at radius 1 is 1.53 bits per heavy atom. The number of hydrogen-bond acceptors (Lipinski definition) is 5. The molecule has 0 aliphatic carbocycles. The average molecular weight is 297 g/mol.